The van der Waals surface area contributed by atoms with Crippen LogP contribution in [0.2, 0.25) is 0 Å². The molecule has 29 heavy (non-hydrogen) atoms. The molecule has 3 fully saturated rings. The first kappa shape index (κ1) is 22.1. The zero-order valence-electron chi connectivity index (χ0n) is 17.4. The smallest absolute Gasteiger partial charge is 0.225 e. The highest BCUT2D eigenvalue weighted by Crippen LogP contribution is 2.31. The number of hydrogen-bond donors (Lipinski definition) is 1. The monoisotopic (exact) mass is 419 g/mol. The number of carbonyl (C=O) groups excluding carboxylic acids is 2. The summed E-state index contributed by atoms with van der Waals surface area (Å²) in [5.74, 6) is 0.594. The van der Waals surface area contributed by atoms with Crippen molar-refractivity contribution in [3.8, 4) is 0 Å². The molecule has 5 nitrogen and oxygen atoms in total. The molecule has 1 aromatic rings. The van der Waals surface area contributed by atoms with Crippen LogP contribution in [-0.2, 0) is 16.0 Å². The molecule has 0 radical (unpaired) electrons. The summed E-state index contributed by atoms with van der Waals surface area (Å²) in [6.07, 6.45) is 7.65. The minimum Gasteiger partial charge on any atom is -0.343 e. The standard InChI is InChI=1S/C23H33N3O2.ClH/c1-25(21-15-19-8-9-20(16-21)24-19)23(28)18-11-13-26(14-12-18)22(27)10-7-17-5-3-2-4-6-17;/h2-6,18-21,24H,7-16H2,1H3;1H. The molecule has 2 unspecified atom stereocenters. The van der Waals surface area contributed by atoms with Crippen LogP contribution in [0.25, 0.3) is 0 Å². The maximum atomic E-state index is 13.0. The van der Waals surface area contributed by atoms with Crippen LogP contribution >= 0.6 is 12.4 Å². The third-order valence-corrected chi connectivity index (χ3v) is 7.01. The number of aryl methyl sites for hydroxylation is 1. The summed E-state index contributed by atoms with van der Waals surface area (Å²) in [5.41, 5.74) is 1.21. The summed E-state index contributed by atoms with van der Waals surface area (Å²) in [6, 6.07) is 11.8. The molecule has 6 heteroatoms. The van der Waals surface area contributed by atoms with E-state index in [0.29, 0.717) is 30.5 Å². The SMILES string of the molecule is CN(C(=O)C1CCN(C(=O)CCc2ccccc2)CC1)C1CC2CCC(C1)N2.Cl. The Labute approximate surface area is 180 Å². The van der Waals surface area contributed by atoms with Gasteiger partial charge in [-0.05, 0) is 50.5 Å². The molecule has 3 aliphatic rings. The van der Waals surface area contributed by atoms with Gasteiger partial charge in [-0.2, -0.15) is 0 Å². The number of nitrogens with zero attached hydrogens (tertiary/aromatic N) is 2. The molecule has 0 spiro atoms. The Hall–Kier alpha value is -1.59. The third-order valence-electron chi connectivity index (χ3n) is 7.01. The number of halogens is 1. The maximum Gasteiger partial charge on any atom is 0.225 e. The Morgan fingerprint density at radius 1 is 1.03 bits per heavy atom. The van der Waals surface area contributed by atoms with E-state index in [1.165, 1.54) is 18.4 Å². The zero-order chi connectivity index (χ0) is 19.5. The summed E-state index contributed by atoms with van der Waals surface area (Å²) >= 11 is 0. The quantitative estimate of drug-likeness (QED) is 0.798. The van der Waals surface area contributed by atoms with Crippen molar-refractivity contribution in [2.45, 2.75) is 69.5 Å². The first-order chi connectivity index (χ1) is 13.6. The van der Waals surface area contributed by atoms with E-state index in [2.05, 4.69) is 17.4 Å². The molecule has 2 atom stereocenters. The minimum atomic E-state index is 0. The predicted molar refractivity (Wildman–Crippen MR) is 117 cm³/mol. The number of piperidine rings is 2. The fraction of sp³-hybridized carbons (Fsp3) is 0.652. The van der Waals surface area contributed by atoms with Crippen molar-refractivity contribution < 1.29 is 9.59 Å². The average Bonchev–Trinajstić information content (AvgIpc) is 3.09. The minimum absolute atomic E-state index is 0. The number of amides is 2. The Morgan fingerprint density at radius 3 is 2.28 bits per heavy atom. The van der Waals surface area contributed by atoms with E-state index in [1.807, 2.05) is 35.0 Å². The average molecular weight is 420 g/mol. The Kier molecular flexibility index (Phi) is 7.58. The molecule has 2 amide bonds. The van der Waals surface area contributed by atoms with Crippen molar-refractivity contribution in [1.82, 2.24) is 15.1 Å². The number of nitrogens with one attached hydrogen (secondary N) is 1. The van der Waals surface area contributed by atoms with Crippen LogP contribution in [0.5, 0.6) is 0 Å². The van der Waals surface area contributed by atoms with E-state index >= 15 is 0 Å². The molecule has 0 aliphatic carbocycles. The van der Waals surface area contributed by atoms with E-state index in [4.69, 9.17) is 0 Å². The van der Waals surface area contributed by atoms with Crippen molar-refractivity contribution in [3.05, 3.63) is 35.9 Å². The largest absolute Gasteiger partial charge is 0.343 e. The van der Waals surface area contributed by atoms with Gasteiger partial charge in [-0.3, -0.25) is 9.59 Å². The highest BCUT2D eigenvalue weighted by molar-refractivity contribution is 5.85. The second kappa shape index (κ2) is 9.94. The molecular weight excluding hydrogens is 386 g/mol. The Morgan fingerprint density at radius 2 is 1.66 bits per heavy atom. The van der Waals surface area contributed by atoms with Gasteiger partial charge in [0.1, 0.15) is 0 Å². The molecule has 3 aliphatic heterocycles. The van der Waals surface area contributed by atoms with E-state index in [-0.39, 0.29) is 24.2 Å². The number of rotatable bonds is 5. The predicted octanol–water partition coefficient (Wildman–Crippen LogP) is 3.02. The maximum absolute atomic E-state index is 13.0. The summed E-state index contributed by atoms with van der Waals surface area (Å²) in [5, 5.41) is 3.65. The van der Waals surface area contributed by atoms with E-state index in [9.17, 15) is 9.59 Å². The van der Waals surface area contributed by atoms with Crippen LogP contribution in [0.1, 0.15) is 50.5 Å². The lowest BCUT2D eigenvalue weighted by Crippen LogP contribution is -2.51. The molecule has 3 saturated heterocycles. The second-order valence-corrected chi connectivity index (χ2v) is 8.85. The summed E-state index contributed by atoms with van der Waals surface area (Å²) < 4.78 is 0. The summed E-state index contributed by atoms with van der Waals surface area (Å²) in [6.45, 7) is 1.44. The third kappa shape index (κ3) is 5.32. The zero-order valence-corrected chi connectivity index (χ0v) is 18.2. The number of fused-ring (bicyclic) bond motifs is 2. The number of likely N-dealkylation sites (tertiary alicyclic amines) is 1. The molecule has 160 valence electrons. The van der Waals surface area contributed by atoms with E-state index in [1.54, 1.807) is 0 Å². The van der Waals surface area contributed by atoms with Crippen LogP contribution in [0, 0.1) is 5.92 Å². The van der Waals surface area contributed by atoms with Crippen molar-refractivity contribution >= 4 is 24.2 Å². The van der Waals surface area contributed by atoms with Crippen LogP contribution in [0.15, 0.2) is 30.3 Å². The molecule has 0 aromatic heterocycles. The van der Waals surface area contributed by atoms with Gasteiger partial charge in [-0.15, -0.1) is 12.4 Å². The van der Waals surface area contributed by atoms with E-state index < -0.39 is 0 Å². The van der Waals surface area contributed by atoms with Crippen molar-refractivity contribution in [2.24, 2.45) is 5.92 Å². The van der Waals surface area contributed by atoms with Crippen molar-refractivity contribution in [1.29, 1.82) is 0 Å². The second-order valence-electron chi connectivity index (χ2n) is 8.85. The van der Waals surface area contributed by atoms with Gasteiger partial charge in [0.15, 0.2) is 0 Å². The summed E-state index contributed by atoms with van der Waals surface area (Å²) in [7, 11) is 2.00. The fourth-order valence-electron chi connectivity index (χ4n) is 5.24. The van der Waals surface area contributed by atoms with Gasteiger partial charge >= 0.3 is 0 Å². The Balaban J connectivity index is 0.00000240. The van der Waals surface area contributed by atoms with Gasteiger partial charge in [-0.1, -0.05) is 30.3 Å². The lowest BCUT2D eigenvalue weighted by molar-refractivity contribution is -0.141. The number of carbonyl (C=O) groups is 2. The molecule has 2 bridgehead atoms. The summed E-state index contributed by atoms with van der Waals surface area (Å²) in [4.78, 5) is 29.5. The van der Waals surface area contributed by atoms with Gasteiger partial charge in [0.2, 0.25) is 11.8 Å². The van der Waals surface area contributed by atoms with Crippen LogP contribution in [-0.4, -0.2) is 59.9 Å². The van der Waals surface area contributed by atoms with Crippen LogP contribution in [0.4, 0.5) is 0 Å². The highest BCUT2D eigenvalue weighted by Gasteiger charge is 2.38. The molecule has 0 saturated carbocycles. The fourth-order valence-corrected chi connectivity index (χ4v) is 5.24. The first-order valence-electron chi connectivity index (χ1n) is 10.9. The topological polar surface area (TPSA) is 52.7 Å². The van der Waals surface area contributed by atoms with Gasteiger partial charge in [0, 0.05) is 50.6 Å². The number of hydrogen-bond acceptors (Lipinski definition) is 3. The van der Waals surface area contributed by atoms with Gasteiger partial charge in [0.25, 0.3) is 0 Å². The van der Waals surface area contributed by atoms with E-state index in [0.717, 1.165) is 45.2 Å². The first-order valence-corrected chi connectivity index (χ1v) is 10.9. The Bertz CT molecular complexity index is 679. The normalized spacial score (nSPS) is 26.7. The van der Waals surface area contributed by atoms with Gasteiger partial charge in [-0.25, -0.2) is 0 Å². The highest BCUT2D eigenvalue weighted by atomic mass is 35.5. The van der Waals surface area contributed by atoms with Crippen molar-refractivity contribution in [2.75, 3.05) is 20.1 Å². The lowest BCUT2D eigenvalue weighted by atomic mass is 9.92. The molecule has 1 N–H and O–H groups in total. The van der Waals surface area contributed by atoms with Gasteiger partial charge in [0.05, 0.1) is 0 Å². The van der Waals surface area contributed by atoms with Crippen molar-refractivity contribution in [3.63, 3.8) is 0 Å². The lowest BCUT2D eigenvalue weighted by Gasteiger charge is -2.39. The molecule has 4 rings (SSSR count). The van der Waals surface area contributed by atoms with Crippen LogP contribution in [0.3, 0.4) is 0 Å². The molecular formula is C23H34ClN3O2. The van der Waals surface area contributed by atoms with Gasteiger partial charge < -0.3 is 15.1 Å². The molecule has 1 aromatic carbocycles. The molecule has 3 heterocycles. The van der Waals surface area contributed by atoms with Crippen LogP contribution < -0.4 is 5.32 Å². The number of benzene rings is 1.